The number of amides is 2. The van der Waals surface area contributed by atoms with Gasteiger partial charge in [0, 0.05) is 17.3 Å². The number of rotatable bonds is 5. The van der Waals surface area contributed by atoms with Crippen molar-refractivity contribution in [1.82, 2.24) is 20.4 Å². The Bertz CT molecular complexity index is 1070. The van der Waals surface area contributed by atoms with Crippen molar-refractivity contribution in [2.75, 3.05) is 6.54 Å². The highest BCUT2D eigenvalue weighted by atomic mass is 16.2. The molecule has 5 atom stereocenters. The fraction of sp³-hybridized carbons (Fsp3) is 0.522. The molecule has 4 rings (SSSR count). The molecule has 8 heteroatoms. The quantitative estimate of drug-likeness (QED) is 0.759. The number of aromatic nitrogens is 2. The maximum Gasteiger partial charge on any atom is 0.244 e. The molecule has 1 saturated heterocycles. The summed E-state index contributed by atoms with van der Waals surface area (Å²) in [5, 5.41) is 22.4. The summed E-state index contributed by atoms with van der Waals surface area (Å²) in [5.74, 6) is -0.280. The van der Waals surface area contributed by atoms with Crippen LogP contribution >= 0.6 is 0 Å². The number of nitrogens with two attached hydrogens (primary N) is 1. The number of carbonyl (C=O) groups is 2. The van der Waals surface area contributed by atoms with Gasteiger partial charge in [0.25, 0.3) is 0 Å². The minimum absolute atomic E-state index is 0.0257. The molecule has 2 fully saturated rings. The van der Waals surface area contributed by atoms with E-state index in [1.807, 2.05) is 38.1 Å². The highest BCUT2D eigenvalue weighted by molar-refractivity contribution is 5.92. The Morgan fingerprint density at radius 2 is 2.03 bits per heavy atom. The summed E-state index contributed by atoms with van der Waals surface area (Å²) in [6, 6.07) is 7.33. The van der Waals surface area contributed by atoms with Gasteiger partial charge in [0.2, 0.25) is 11.8 Å². The minimum Gasteiger partial charge on any atom is -0.333 e. The van der Waals surface area contributed by atoms with Crippen LogP contribution in [-0.4, -0.2) is 45.5 Å². The second kappa shape index (κ2) is 7.57. The number of benzene rings is 1. The number of fused-ring (bicyclic) bond motifs is 2. The lowest BCUT2D eigenvalue weighted by atomic mass is 9.97. The normalized spacial score (nSPS) is 25.6. The number of nitrogens with zero attached hydrogens (tertiary/aromatic N) is 4. The predicted octanol–water partition coefficient (Wildman–Crippen LogP) is 1.78. The molecule has 8 nitrogen and oxygen atoms in total. The molecule has 31 heavy (non-hydrogen) atoms. The molecule has 2 amide bonds. The van der Waals surface area contributed by atoms with Crippen LogP contribution in [0.25, 0.3) is 10.8 Å². The van der Waals surface area contributed by atoms with Crippen molar-refractivity contribution in [3.05, 3.63) is 36.2 Å². The molecule has 2 aromatic rings. The lowest BCUT2D eigenvalue weighted by Gasteiger charge is -2.33. The standard InChI is InChI=1S/C23H28N6O2/c1-12(2)18(25)22(31)29-11-15-17(23(15,3)4)20(29)21(30)27-16(9-24)19-14-8-6-5-7-13(14)10-26-28-19/h5-8,10,12,15-18,20H,11,25H2,1-4H3,(H,27,30)/t15-,16?,17-,18-,20-/m0/s1. The number of likely N-dealkylation sites (tertiary alicyclic amines) is 1. The Labute approximate surface area is 181 Å². The summed E-state index contributed by atoms with van der Waals surface area (Å²) in [6.07, 6.45) is 1.62. The van der Waals surface area contributed by atoms with Crippen molar-refractivity contribution >= 4 is 22.6 Å². The van der Waals surface area contributed by atoms with Crippen molar-refractivity contribution in [3.8, 4) is 6.07 Å². The fourth-order valence-electron chi connectivity index (χ4n) is 4.94. The van der Waals surface area contributed by atoms with Gasteiger partial charge in [-0.1, -0.05) is 52.0 Å². The molecule has 1 aromatic heterocycles. The van der Waals surface area contributed by atoms with Crippen molar-refractivity contribution in [3.63, 3.8) is 0 Å². The van der Waals surface area contributed by atoms with Gasteiger partial charge in [-0.25, -0.2) is 0 Å². The van der Waals surface area contributed by atoms with Gasteiger partial charge in [0.15, 0.2) is 6.04 Å². The Hall–Kier alpha value is -3.05. The molecule has 1 aromatic carbocycles. The summed E-state index contributed by atoms with van der Waals surface area (Å²) < 4.78 is 0. The Morgan fingerprint density at radius 1 is 1.32 bits per heavy atom. The Morgan fingerprint density at radius 3 is 2.71 bits per heavy atom. The average molecular weight is 421 g/mol. The summed E-state index contributed by atoms with van der Waals surface area (Å²) in [6.45, 7) is 8.53. The number of nitrogens with one attached hydrogen (secondary N) is 1. The third-order valence-electron chi connectivity index (χ3n) is 7.05. The first kappa shape index (κ1) is 21.2. The first-order valence-electron chi connectivity index (χ1n) is 10.6. The lowest BCUT2D eigenvalue weighted by molar-refractivity contribution is -0.142. The number of carbonyl (C=O) groups excluding carboxylic acids is 2. The lowest BCUT2D eigenvalue weighted by Crippen LogP contribution is -2.55. The molecule has 3 N–H and O–H groups in total. The monoisotopic (exact) mass is 420 g/mol. The zero-order valence-corrected chi connectivity index (χ0v) is 18.2. The minimum atomic E-state index is -0.970. The molecule has 0 bridgehead atoms. The van der Waals surface area contributed by atoms with Gasteiger partial charge in [0.1, 0.15) is 11.7 Å². The smallest absolute Gasteiger partial charge is 0.244 e. The van der Waals surface area contributed by atoms with Gasteiger partial charge in [-0.3, -0.25) is 9.59 Å². The van der Waals surface area contributed by atoms with Crippen molar-refractivity contribution < 1.29 is 9.59 Å². The zero-order valence-electron chi connectivity index (χ0n) is 18.2. The molecule has 0 radical (unpaired) electrons. The van der Waals surface area contributed by atoms with E-state index >= 15 is 0 Å². The van der Waals surface area contributed by atoms with Crippen LogP contribution in [0.5, 0.6) is 0 Å². The maximum atomic E-state index is 13.4. The average Bonchev–Trinajstić information content (AvgIpc) is 3.10. The van der Waals surface area contributed by atoms with Crippen LogP contribution in [0.3, 0.4) is 0 Å². The topological polar surface area (TPSA) is 125 Å². The Kier molecular flexibility index (Phi) is 5.18. The molecular formula is C23H28N6O2. The number of nitriles is 1. The molecule has 0 spiro atoms. The van der Waals surface area contributed by atoms with E-state index in [9.17, 15) is 14.9 Å². The molecule has 2 heterocycles. The van der Waals surface area contributed by atoms with Crippen molar-refractivity contribution in [2.24, 2.45) is 28.9 Å². The largest absolute Gasteiger partial charge is 0.333 e. The molecule has 2 aliphatic rings. The van der Waals surface area contributed by atoms with Crippen molar-refractivity contribution in [2.45, 2.75) is 45.8 Å². The SMILES string of the molecule is CC(C)[C@H](N)C(=O)N1C[C@H]2[C@@H]([C@H]1C(=O)NC(C#N)c1nncc3ccccc13)C2(C)C. The maximum absolute atomic E-state index is 13.4. The van der Waals surface area contributed by atoms with Crippen LogP contribution < -0.4 is 11.1 Å². The van der Waals surface area contributed by atoms with Gasteiger partial charge in [-0.2, -0.15) is 15.5 Å². The van der Waals surface area contributed by atoms with E-state index in [0.717, 1.165) is 10.8 Å². The highest BCUT2D eigenvalue weighted by Gasteiger charge is 2.69. The molecule has 1 saturated carbocycles. The van der Waals surface area contributed by atoms with Crippen molar-refractivity contribution in [1.29, 1.82) is 5.26 Å². The summed E-state index contributed by atoms with van der Waals surface area (Å²) in [7, 11) is 0. The van der Waals surface area contributed by atoms with Gasteiger partial charge >= 0.3 is 0 Å². The third kappa shape index (κ3) is 3.43. The fourth-order valence-corrected chi connectivity index (χ4v) is 4.94. The second-order valence-electron chi connectivity index (χ2n) is 9.55. The summed E-state index contributed by atoms with van der Waals surface area (Å²) >= 11 is 0. The first-order valence-corrected chi connectivity index (χ1v) is 10.6. The first-order chi connectivity index (χ1) is 14.7. The Balaban J connectivity index is 1.61. The van der Waals surface area contributed by atoms with E-state index in [-0.39, 0.29) is 35.0 Å². The number of piperidine rings is 1. The van der Waals surface area contributed by atoms with Gasteiger partial charge < -0.3 is 16.0 Å². The van der Waals surface area contributed by atoms with Crippen LogP contribution in [0.15, 0.2) is 30.5 Å². The van der Waals surface area contributed by atoms with E-state index in [2.05, 4.69) is 35.4 Å². The van der Waals surface area contributed by atoms with Crippen LogP contribution in [-0.2, 0) is 9.59 Å². The van der Waals surface area contributed by atoms with E-state index in [1.165, 1.54) is 0 Å². The van der Waals surface area contributed by atoms with Crippen LogP contribution in [0.4, 0.5) is 0 Å². The third-order valence-corrected chi connectivity index (χ3v) is 7.05. The van der Waals surface area contributed by atoms with Gasteiger partial charge in [-0.15, -0.1) is 0 Å². The van der Waals surface area contributed by atoms with Crippen LogP contribution in [0.2, 0.25) is 0 Å². The number of hydrogen-bond acceptors (Lipinski definition) is 6. The van der Waals surface area contributed by atoms with Gasteiger partial charge in [0.05, 0.1) is 18.3 Å². The van der Waals surface area contributed by atoms with E-state index in [1.54, 1.807) is 11.1 Å². The number of hydrogen-bond donors (Lipinski definition) is 2. The molecule has 1 aliphatic heterocycles. The molecular weight excluding hydrogens is 392 g/mol. The van der Waals surface area contributed by atoms with E-state index in [0.29, 0.717) is 12.2 Å². The molecule has 162 valence electrons. The predicted molar refractivity (Wildman–Crippen MR) is 115 cm³/mol. The molecule has 1 aliphatic carbocycles. The van der Waals surface area contributed by atoms with E-state index in [4.69, 9.17) is 5.73 Å². The molecule has 1 unspecified atom stereocenters. The van der Waals surface area contributed by atoms with Crippen LogP contribution in [0.1, 0.15) is 39.4 Å². The highest BCUT2D eigenvalue weighted by Crippen LogP contribution is 2.65. The summed E-state index contributed by atoms with van der Waals surface area (Å²) in [4.78, 5) is 28.0. The second-order valence-corrected chi connectivity index (χ2v) is 9.55. The van der Waals surface area contributed by atoms with Gasteiger partial charge in [-0.05, 0) is 23.2 Å². The van der Waals surface area contributed by atoms with Crippen LogP contribution in [0, 0.1) is 34.5 Å². The summed E-state index contributed by atoms with van der Waals surface area (Å²) in [5.41, 5.74) is 6.49. The van der Waals surface area contributed by atoms with E-state index < -0.39 is 18.1 Å². The zero-order chi connectivity index (χ0) is 22.5.